The minimum absolute atomic E-state index is 0.0986. The maximum Gasteiger partial charge on any atom is 0.416 e. The predicted octanol–water partition coefficient (Wildman–Crippen LogP) is 5.93. The number of nitrogens with zero attached hydrogens (tertiary/aromatic N) is 1. The summed E-state index contributed by atoms with van der Waals surface area (Å²) in [5.74, 6) is 0.465. The second kappa shape index (κ2) is 11.8. The molecule has 1 atom stereocenters. The minimum atomic E-state index is -4.70. The molecule has 0 N–H and O–H groups in total. The Hall–Kier alpha value is -3.73. The van der Waals surface area contributed by atoms with Crippen LogP contribution in [0.3, 0.4) is 0 Å². The van der Waals surface area contributed by atoms with Crippen LogP contribution in [0, 0.1) is 0 Å². The van der Waals surface area contributed by atoms with Gasteiger partial charge in [0.1, 0.15) is 22.1 Å². The molecule has 0 aliphatic carbocycles. The smallest absolute Gasteiger partial charge is 0.416 e. The van der Waals surface area contributed by atoms with Gasteiger partial charge < -0.3 is 18.6 Å². The van der Waals surface area contributed by atoms with Gasteiger partial charge in [0.05, 0.1) is 25.3 Å². The Morgan fingerprint density at radius 1 is 0.947 bits per heavy atom. The third-order valence-electron chi connectivity index (χ3n) is 5.93. The Morgan fingerprint density at radius 2 is 1.66 bits per heavy atom. The van der Waals surface area contributed by atoms with Crippen LogP contribution in [0.2, 0.25) is 0 Å². The number of hydrogen-bond acceptors (Lipinski definition) is 6. The van der Waals surface area contributed by atoms with Crippen LogP contribution >= 0.6 is 0 Å². The summed E-state index contributed by atoms with van der Waals surface area (Å²) in [6.07, 6.45) is -4.06. The van der Waals surface area contributed by atoms with E-state index in [9.17, 15) is 26.4 Å². The zero-order valence-electron chi connectivity index (χ0n) is 21.3. The van der Waals surface area contributed by atoms with Crippen LogP contribution in [0.15, 0.2) is 71.6 Å². The van der Waals surface area contributed by atoms with Crippen molar-refractivity contribution >= 4 is 16.0 Å². The molecule has 0 fully saturated rings. The van der Waals surface area contributed by atoms with Crippen LogP contribution in [0.5, 0.6) is 17.2 Å². The van der Waals surface area contributed by atoms with E-state index in [0.717, 1.165) is 18.2 Å². The molecule has 0 radical (unpaired) electrons. The highest BCUT2D eigenvalue weighted by molar-refractivity contribution is 7.87. The van der Waals surface area contributed by atoms with E-state index in [1.807, 2.05) is 13.8 Å². The summed E-state index contributed by atoms with van der Waals surface area (Å²) in [6, 6.07) is 14.0. The van der Waals surface area contributed by atoms with Crippen molar-refractivity contribution in [2.24, 2.45) is 0 Å². The molecule has 0 heterocycles. The molecular formula is C27H28F3NO6S. The van der Waals surface area contributed by atoms with Crippen molar-refractivity contribution in [2.75, 3.05) is 14.2 Å². The fourth-order valence-corrected chi connectivity index (χ4v) is 4.64. The molecule has 0 saturated carbocycles. The monoisotopic (exact) mass is 551 g/mol. The highest BCUT2D eigenvalue weighted by Gasteiger charge is 2.32. The number of carbonyl (C=O) groups is 1. The number of hydrogen-bond donors (Lipinski definition) is 0. The Balaban J connectivity index is 1.88. The highest BCUT2D eigenvalue weighted by atomic mass is 32.2. The number of methoxy groups -OCH3 is 2. The second-order valence-corrected chi connectivity index (χ2v) is 10.0. The molecule has 1 unspecified atom stereocenters. The van der Waals surface area contributed by atoms with E-state index >= 15 is 0 Å². The van der Waals surface area contributed by atoms with Crippen LogP contribution in [-0.4, -0.2) is 39.5 Å². The fraction of sp³-hybridized carbons (Fsp3) is 0.296. The van der Waals surface area contributed by atoms with E-state index in [1.165, 1.54) is 26.4 Å². The van der Waals surface area contributed by atoms with Gasteiger partial charge in [-0.25, -0.2) is 0 Å². The predicted molar refractivity (Wildman–Crippen MR) is 135 cm³/mol. The SMILES string of the molecule is CCC(C)N(Cc1cccc(OS(=O)(=O)c2cccc(C(F)(F)F)c2)c1)C(=O)c1ccc(OC)cc1OC. The van der Waals surface area contributed by atoms with E-state index in [2.05, 4.69) is 0 Å². The molecule has 0 aromatic heterocycles. The third kappa shape index (κ3) is 6.77. The third-order valence-corrected chi connectivity index (χ3v) is 7.17. The van der Waals surface area contributed by atoms with Gasteiger partial charge in [-0.1, -0.05) is 25.1 Å². The lowest BCUT2D eigenvalue weighted by molar-refractivity contribution is -0.137. The lowest BCUT2D eigenvalue weighted by Crippen LogP contribution is -2.38. The first-order chi connectivity index (χ1) is 17.9. The first kappa shape index (κ1) is 28.8. The molecule has 0 saturated heterocycles. The first-order valence-electron chi connectivity index (χ1n) is 11.6. The molecule has 3 aromatic rings. The molecule has 11 heteroatoms. The molecule has 38 heavy (non-hydrogen) atoms. The number of ether oxygens (including phenoxy) is 2. The summed E-state index contributed by atoms with van der Waals surface area (Å²) in [7, 11) is -1.59. The Kier molecular flexibility index (Phi) is 8.93. The lowest BCUT2D eigenvalue weighted by Gasteiger charge is -2.29. The van der Waals surface area contributed by atoms with Crippen molar-refractivity contribution in [3.05, 3.63) is 83.4 Å². The largest absolute Gasteiger partial charge is 0.497 e. The number of carbonyl (C=O) groups excluding carboxylic acids is 1. The number of halogens is 3. The average molecular weight is 552 g/mol. The maximum atomic E-state index is 13.5. The zero-order valence-corrected chi connectivity index (χ0v) is 22.1. The second-order valence-electron chi connectivity index (χ2n) is 8.47. The minimum Gasteiger partial charge on any atom is -0.497 e. The quantitative estimate of drug-likeness (QED) is 0.291. The van der Waals surface area contributed by atoms with Gasteiger partial charge in [-0.05, 0) is 61.4 Å². The molecule has 0 spiro atoms. The molecule has 0 aliphatic rings. The molecule has 3 aromatic carbocycles. The summed E-state index contributed by atoms with van der Waals surface area (Å²) in [5.41, 5.74) is -0.219. The summed E-state index contributed by atoms with van der Waals surface area (Å²) in [5, 5.41) is 0. The molecule has 0 bridgehead atoms. The standard InChI is InChI=1S/C27H28F3NO6S/c1-5-18(2)31(26(32)24-13-12-21(35-3)16-25(24)36-4)17-19-8-6-10-22(14-19)37-38(33,34)23-11-7-9-20(15-23)27(28,29)30/h6-16,18H,5,17H2,1-4H3. The number of benzene rings is 3. The Morgan fingerprint density at radius 3 is 2.29 bits per heavy atom. The summed E-state index contributed by atoms with van der Waals surface area (Å²) in [6.45, 7) is 3.92. The van der Waals surface area contributed by atoms with Gasteiger partial charge in [-0.2, -0.15) is 21.6 Å². The average Bonchev–Trinajstić information content (AvgIpc) is 2.90. The van der Waals surface area contributed by atoms with Crippen LogP contribution in [0.1, 0.15) is 41.8 Å². The molecule has 7 nitrogen and oxygen atoms in total. The van der Waals surface area contributed by atoms with Gasteiger partial charge in [-0.15, -0.1) is 0 Å². The number of rotatable bonds is 10. The maximum absolute atomic E-state index is 13.5. The summed E-state index contributed by atoms with van der Waals surface area (Å²) in [4.78, 5) is 14.5. The van der Waals surface area contributed by atoms with E-state index < -0.39 is 26.8 Å². The lowest BCUT2D eigenvalue weighted by atomic mass is 10.1. The van der Waals surface area contributed by atoms with Crippen LogP contribution in [0.25, 0.3) is 0 Å². The zero-order chi connectivity index (χ0) is 28.1. The van der Waals surface area contributed by atoms with Gasteiger partial charge in [0.25, 0.3) is 5.91 Å². The molecule has 1 amide bonds. The molecule has 3 rings (SSSR count). The van der Waals surface area contributed by atoms with Gasteiger partial charge >= 0.3 is 16.3 Å². The van der Waals surface area contributed by atoms with Crippen molar-refractivity contribution in [3.8, 4) is 17.2 Å². The van der Waals surface area contributed by atoms with Crippen molar-refractivity contribution < 1.29 is 40.0 Å². The van der Waals surface area contributed by atoms with E-state index in [4.69, 9.17) is 13.7 Å². The number of alkyl halides is 3. The molecule has 204 valence electrons. The van der Waals surface area contributed by atoms with Gasteiger partial charge in [-0.3, -0.25) is 4.79 Å². The normalized spacial score (nSPS) is 12.5. The van der Waals surface area contributed by atoms with Crippen LogP contribution in [-0.2, 0) is 22.8 Å². The highest BCUT2D eigenvalue weighted by Crippen LogP contribution is 2.32. The summed E-state index contributed by atoms with van der Waals surface area (Å²) < 4.78 is 80.3. The van der Waals surface area contributed by atoms with Crippen molar-refractivity contribution in [2.45, 2.75) is 43.9 Å². The van der Waals surface area contributed by atoms with E-state index in [0.29, 0.717) is 35.1 Å². The van der Waals surface area contributed by atoms with Crippen LogP contribution < -0.4 is 13.7 Å². The topological polar surface area (TPSA) is 82.1 Å². The van der Waals surface area contributed by atoms with Crippen molar-refractivity contribution in [3.63, 3.8) is 0 Å². The summed E-state index contributed by atoms with van der Waals surface area (Å²) >= 11 is 0. The van der Waals surface area contributed by atoms with Crippen molar-refractivity contribution in [1.29, 1.82) is 0 Å². The van der Waals surface area contributed by atoms with Gasteiger partial charge in [0, 0.05) is 18.7 Å². The fourth-order valence-electron chi connectivity index (χ4n) is 3.67. The van der Waals surface area contributed by atoms with E-state index in [-0.39, 0.29) is 24.2 Å². The van der Waals surface area contributed by atoms with E-state index in [1.54, 1.807) is 35.2 Å². The van der Waals surface area contributed by atoms with Gasteiger partial charge in [0.15, 0.2) is 0 Å². The first-order valence-corrected chi connectivity index (χ1v) is 13.0. The Bertz CT molecular complexity index is 1390. The molecular weight excluding hydrogens is 523 g/mol. The van der Waals surface area contributed by atoms with Gasteiger partial charge in [0.2, 0.25) is 0 Å². The Labute approximate surface area is 219 Å². The molecule has 0 aliphatic heterocycles. The van der Waals surface area contributed by atoms with Crippen LogP contribution in [0.4, 0.5) is 13.2 Å². The number of amides is 1. The van der Waals surface area contributed by atoms with Crippen molar-refractivity contribution in [1.82, 2.24) is 4.90 Å².